The smallest absolute Gasteiger partial charge is 0.247 e. The number of thioether (sulfide) groups is 1. The zero-order valence-electron chi connectivity index (χ0n) is 16.6. The first-order chi connectivity index (χ1) is 14.1. The molecule has 2 aromatic heterocycles. The summed E-state index contributed by atoms with van der Waals surface area (Å²) < 4.78 is 6.35. The summed E-state index contributed by atoms with van der Waals surface area (Å²) >= 11 is 3.18. The highest BCUT2D eigenvalue weighted by molar-refractivity contribution is 7.99. The number of benzene rings is 1. The van der Waals surface area contributed by atoms with Gasteiger partial charge in [0.15, 0.2) is 5.69 Å². The van der Waals surface area contributed by atoms with Gasteiger partial charge in [0.25, 0.3) is 0 Å². The van der Waals surface area contributed by atoms with E-state index in [-0.39, 0.29) is 5.91 Å². The number of fused-ring (bicyclic) bond motifs is 3. The van der Waals surface area contributed by atoms with Crippen LogP contribution in [0.25, 0.3) is 11.3 Å². The van der Waals surface area contributed by atoms with Gasteiger partial charge >= 0.3 is 0 Å². The van der Waals surface area contributed by atoms with Gasteiger partial charge in [0.1, 0.15) is 0 Å². The van der Waals surface area contributed by atoms with Crippen LogP contribution in [0.4, 0.5) is 5.69 Å². The van der Waals surface area contributed by atoms with Crippen molar-refractivity contribution in [3.8, 4) is 17.1 Å². The minimum absolute atomic E-state index is 0.105. The summed E-state index contributed by atoms with van der Waals surface area (Å²) in [5, 5.41) is 9.32. The topological polar surface area (TPSA) is 68.2 Å². The number of hydrogen-bond donors (Lipinski definition) is 0. The molecule has 4 rings (SSSR count). The number of aryl methyl sites for hydroxylation is 1. The summed E-state index contributed by atoms with van der Waals surface area (Å²) in [7, 11) is 0. The van der Waals surface area contributed by atoms with Crippen LogP contribution < -0.4 is 9.64 Å². The van der Waals surface area contributed by atoms with E-state index in [0.29, 0.717) is 16.7 Å². The van der Waals surface area contributed by atoms with Crippen LogP contribution in [0.2, 0.25) is 0 Å². The van der Waals surface area contributed by atoms with Crippen molar-refractivity contribution >= 4 is 34.7 Å². The normalized spacial score (nSPS) is 15.3. The molecule has 8 heteroatoms. The van der Waals surface area contributed by atoms with E-state index in [9.17, 15) is 4.79 Å². The Morgan fingerprint density at radius 2 is 2.07 bits per heavy atom. The van der Waals surface area contributed by atoms with E-state index in [4.69, 9.17) is 4.74 Å². The van der Waals surface area contributed by atoms with Crippen LogP contribution in [0.15, 0.2) is 41.6 Å². The number of rotatable bonds is 5. The minimum Gasteiger partial charge on any atom is -0.446 e. The Morgan fingerprint density at radius 3 is 2.79 bits per heavy atom. The molecule has 1 atom stereocenters. The van der Waals surface area contributed by atoms with Gasteiger partial charge in [0.2, 0.25) is 23.2 Å². The third-order valence-electron chi connectivity index (χ3n) is 4.58. The van der Waals surface area contributed by atoms with E-state index in [0.717, 1.165) is 39.6 Å². The summed E-state index contributed by atoms with van der Waals surface area (Å²) in [5.41, 5.74) is 2.10. The predicted molar refractivity (Wildman–Crippen MR) is 116 cm³/mol. The summed E-state index contributed by atoms with van der Waals surface area (Å²) in [5.74, 6) is 1.23. The van der Waals surface area contributed by atoms with Gasteiger partial charge in [-0.25, -0.2) is 0 Å². The fraction of sp³-hybridized carbons (Fsp3) is 0.333. The maximum Gasteiger partial charge on any atom is 0.247 e. The molecule has 29 heavy (non-hydrogen) atoms. The van der Waals surface area contributed by atoms with Crippen LogP contribution in [-0.4, -0.2) is 26.8 Å². The van der Waals surface area contributed by atoms with Crippen LogP contribution in [-0.2, 0) is 4.79 Å². The number of carbonyl (C=O) groups excluding carboxylic acids is 1. The van der Waals surface area contributed by atoms with Crippen LogP contribution in [0.1, 0.15) is 42.7 Å². The first kappa shape index (κ1) is 19.8. The highest BCUT2D eigenvalue weighted by atomic mass is 32.2. The van der Waals surface area contributed by atoms with Crippen LogP contribution in [0, 0.1) is 6.92 Å². The van der Waals surface area contributed by atoms with E-state index in [1.807, 2.05) is 43.3 Å². The third kappa shape index (κ3) is 4.00. The zero-order chi connectivity index (χ0) is 20.4. The molecule has 3 aromatic rings. The summed E-state index contributed by atoms with van der Waals surface area (Å²) in [6, 6.07) is 11.7. The number of thiophene rings is 1. The number of unbranched alkanes of at least 4 members (excludes halogenated alkanes) is 1. The Bertz CT molecular complexity index is 1040. The average Bonchev–Trinajstić information content (AvgIpc) is 3.08. The van der Waals surface area contributed by atoms with Crippen LogP contribution in [0.3, 0.4) is 0 Å². The summed E-state index contributed by atoms with van der Waals surface area (Å²) in [6.07, 6.45) is 1.60. The molecule has 1 amide bonds. The van der Waals surface area contributed by atoms with E-state index >= 15 is 0 Å². The molecule has 0 fully saturated rings. The molecular weight excluding hydrogens is 404 g/mol. The number of nitrogens with zero attached hydrogens (tertiary/aromatic N) is 4. The van der Waals surface area contributed by atoms with Gasteiger partial charge in [-0.1, -0.05) is 43.3 Å². The number of hydrogen-bond acceptors (Lipinski definition) is 7. The lowest BCUT2D eigenvalue weighted by molar-refractivity contribution is -0.118. The van der Waals surface area contributed by atoms with Crippen molar-refractivity contribution in [1.29, 1.82) is 0 Å². The Balaban J connectivity index is 1.84. The lowest BCUT2D eigenvalue weighted by atomic mass is 10.1. The quantitative estimate of drug-likeness (QED) is 0.410. The van der Waals surface area contributed by atoms with Gasteiger partial charge in [-0.15, -0.1) is 21.5 Å². The van der Waals surface area contributed by atoms with Gasteiger partial charge in [-0.05, 0) is 31.5 Å². The SMILES string of the molecule is CCCCSc1nnc2c(n1)OC(c1ccc(C)s1)N(C(C)=O)c1ccccc1-2. The highest BCUT2D eigenvalue weighted by Gasteiger charge is 2.35. The fourth-order valence-corrected chi connectivity index (χ4v) is 4.95. The molecule has 0 radical (unpaired) electrons. The summed E-state index contributed by atoms with van der Waals surface area (Å²) in [4.78, 5) is 21.1. The van der Waals surface area contributed by atoms with E-state index in [1.54, 1.807) is 34.9 Å². The molecule has 0 N–H and O–H groups in total. The Labute approximate surface area is 178 Å². The molecule has 6 nitrogen and oxygen atoms in total. The van der Waals surface area contributed by atoms with E-state index < -0.39 is 6.23 Å². The Kier molecular flexibility index (Phi) is 5.82. The third-order valence-corrected chi connectivity index (χ3v) is 6.54. The number of amides is 1. The molecule has 0 spiro atoms. The largest absolute Gasteiger partial charge is 0.446 e. The van der Waals surface area contributed by atoms with E-state index in [2.05, 4.69) is 22.1 Å². The maximum atomic E-state index is 12.7. The summed E-state index contributed by atoms with van der Waals surface area (Å²) in [6.45, 7) is 5.74. The van der Waals surface area contributed by atoms with Crippen molar-refractivity contribution in [2.24, 2.45) is 0 Å². The monoisotopic (exact) mass is 426 g/mol. The molecule has 1 aliphatic heterocycles. The predicted octanol–water partition coefficient (Wildman–Crippen LogP) is 5.24. The molecule has 1 aromatic carbocycles. The average molecular weight is 427 g/mol. The molecule has 0 aliphatic carbocycles. The van der Waals surface area contributed by atoms with Gasteiger partial charge in [0.05, 0.1) is 10.6 Å². The van der Waals surface area contributed by atoms with E-state index in [1.165, 1.54) is 0 Å². The molecule has 3 heterocycles. The van der Waals surface area contributed by atoms with Crippen molar-refractivity contribution in [3.05, 3.63) is 46.2 Å². The molecular formula is C21H22N4O2S2. The van der Waals surface area contributed by atoms with Crippen LogP contribution >= 0.6 is 23.1 Å². The van der Waals surface area contributed by atoms with Gasteiger partial charge in [0, 0.05) is 23.1 Å². The van der Waals surface area contributed by atoms with Crippen molar-refractivity contribution in [3.63, 3.8) is 0 Å². The highest BCUT2D eigenvalue weighted by Crippen LogP contribution is 2.44. The first-order valence-electron chi connectivity index (χ1n) is 9.58. The van der Waals surface area contributed by atoms with Gasteiger partial charge in [-0.2, -0.15) is 4.98 Å². The number of para-hydroxylation sites is 1. The Morgan fingerprint density at radius 1 is 1.24 bits per heavy atom. The van der Waals surface area contributed by atoms with Crippen molar-refractivity contribution in [2.75, 3.05) is 10.7 Å². The Hall–Kier alpha value is -2.45. The maximum absolute atomic E-state index is 12.7. The van der Waals surface area contributed by atoms with Crippen molar-refractivity contribution in [2.45, 2.75) is 45.0 Å². The second-order valence-corrected chi connectivity index (χ2v) is 9.16. The molecule has 1 aliphatic rings. The second-order valence-electron chi connectivity index (χ2n) is 6.77. The molecule has 1 unspecified atom stereocenters. The van der Waals surface area contributed by atoms with Gasteiger partial charge in [-0.3, -0.25) is 9.69 Å². The minimum atomic E-state index is -0.598. The second kappa shape index (κ2) is 8.51. The lowest BCUT2D eigenvalue weighted by Crippen LogP contribution is -2.35. The number of anilines is 1. The zero-order valence-corrected chi connectivity index (χ0v) is 18.2. The lowest BCUT2D eigenvalue weighted by Gasteiger charge is -2.28. The fourth-order valence-electron chi connectivity index (χ4n) is 3.19. The number of carbonyl (C=O) groups is 1. The first-order valence-corrected chi connectivity index (χ1v) is 11.4. The van der Waals surface area contributed by atoms with Crippen LogP contribution in [0.5, 0.6) is 5.88 Å². The number of ether oxygens (including phenoxy) is 1. The number of aromatic nitrogens is 3. The van der Waals surface area contributed by atoms with Crippen molar-refractivity contribution in [1.82, 2.24) is 15.2 Å². The van der Waals surface area contributed by atoms with Crippen molar-refractivity contribution < 1.29 is 9.53 Å². The molecule has 0 saturated heterocycles. The van der Waals surface area contributed by atoms with Gasteiger partial charge < -0.3 is 4.74 Å². The standard InChI is InChI=1S/C21H22N4O2S2/c1-4-5-12-28-21-22-19-18(23-24-21)15-8-6-7-9-16(15)25(14(3)26)20(27-19)17-11-10-13(2)29-17/h6-11,20H,4-5,12H2,1-3H3. The molecule has 0 bridgehead atoms. The molecule has 0 saturated carbocycles. The molecule has 150 valence electrons.